The van der Waals surface area contributed by atoms with Gasteiger partial charge in [-0.25, -0.2) is 0 Å². The number of aryl methyl sites for hydroxylation is 1. The van der Waals surface area contributed by atoms with Crippen molar-refractivity contribution in [3.05, 3.63) is 50.2 Å². The van der Waals surface area contributed by atoms with Crippen molar-refractivity contribution in [2.45, 2.75) is 58.5 Å². The Morgan fingerprint density at radius 2 is 1.91 bits per heavy atom. The average Bonchev–Trinajstić information content (AvgIpc) is 2.82. The molecular weight excluding hydrogens is 312 g/mol. The van der Waals surface area contributed by atoms with Crippen molar-refractivity contribution in [1.82, 2.24) is 4.57 Å². The first-order valence-corrected chi connectivity index (χ1v) is 9.28. The van der Waals surface area contributed by atoms with E-state index < -0.39 is 0 Å². The maximum atomic E-state index is 6.25. The van der Waals surface area contributed by atoms with Crippen molar-refractivity contribution in [3.8, 4) is 0 Å². The van der Waals surface area contributed by atoms with Crippen LogP contribution in [-0.2, 0) is 6.54 Å². The first kappa shape index (κ1) is 15.8. The summed E-state index contributed by atoms with van der Waals surface area (Å²) in [6.07, 6.45) is 6.64. The molecule has 0 bridgehead atoms. The maximum absolute atomic E-state index is 6.25. The fourth-order valence-corrected chi connectivity index (χ4v) is 4.46. The number of hydrogen-bond acceptors (Lipinski definition) is 2. The number of rotatable bonds is 3. The Labute approximate surface area is 141 Å². The molecule has 0 atom stereocenters. The molecule has 0 saturated heterocycles. The summed E-state index contributed by atoms with van der Waals surface area (Å²) in [6, 6.07) is 8.62. The molecule has 118 valence electrons. The van der Waals surface area contributed by atoms with Gasteiger partial charge in [0.25, 0.3) is 0 Å². The predicted molar refractivity (Wildman–Crippen MR) is 94.6 cm³/mol. The van der Waals surface area contributed by atoms with Crippen LogP contribution in [0.3, 0.4) is 0 Å². The molecule has 1 fully saturated rings. The SMILES string of the molecule is Cc1sc(=NCc2ccccc2Cl)n(C2CCCCC2)c1C. The first-order chi connectivity index (χ1) is 10.7. The van der Waals surface area contributed by atoms with Crippen molar-refractivity contribution < 1.29 is 0 Å². The van der Waals surface area contributed by atoms with Crippen LogP contribution in [0.25, 0.3) is 0 Å². The molecule has 0 spiro atoms. The monoisotopic (exact) mass is 334 g/mol. The van der Waals surface area contributed by atoms with Crippen LogP contribution >= 0.6 is 22.9 Å². The lowest BCUT2D eigenvalue weighted by molar-refractivity contribution is 0.343. The molecule has 3 rings (SSSR count). The predicted octanol–water partition coefficient (Wildman–Crippen LogP) is 5.43. The fraction of sp³-hybridized carbons (Fsp3) is 0.500. The minimum Gasteiger partial charge on any atom is -0.318 e. The van der Waals surface area contributed by atoms with Crippen molar-refractivity contribution in [2.75, 3.05) is 0 Å². The van der Waals surface area contributed by atoms with Crippen LogP contribution in [0.4, 0.5) is 0 Å². The molecule has 1 aromatic heterocycles. The minimum atomic E-state index is 0.628. The number of halogens is 1. The van der Waals surface area contributed by atoms with Gasteiger partial charge in [-0.05, 0) is 38.3 Å². The van der Waals surface area contributed by atoms with E-state index in [0.717, 1.165) is 15.4 Å². The van der Waals surface area contributed by atoms with E-state index in [9.17, 15) is 0 Å². The van der Waals surface area contributed by atoms with E-state index in [1.54, 1.807) is 0 Å². The summed E-state index contributed by atoms with van der Waals surface area (Å²) < 4.78 is 2.48. The molecule has 1 saturated carbocycles. The smallest absolute Gasteiger partial charge is 0.185 e. The second-order valence-electron chi connectivity index (χ2n) is 6.10. The quantitative estimate of drug-likeness (QED) is 0.712. The van der Waals surface area contributed by atoms with E-state index >= 15 is 0 Å². The van der Waals surface area contributed by atoms with Crippen LogP contribution in [0.1, 0.15) is 54.3 Å². The van der Waals surface area contributed by atoms with Gasteiger partial charge in [0.2, 0.25) is 0 Å². The van der Waals surface area contributed by atoms with E-state index in [1.807, 2.05) is 29.5 Å². The number of aromatic nitrogens is 1. The summed E-state index contributed by atoms with van der Waals surface area (Å²) >= 11 is 8.06. The lowest BCUT2D eigenvalue weighted by atomic mass is 9.95. The molecule has 2 nitrogen and oxygen atoms in total. The van der Waals surface area contributed by atoms with Crippen LogP contribution in [-0.4, -0.2) is 4.57 Å². The largest absolute Gasteiger partial charge is 0.318 e. The van der Waals surface area contributed by atoms with E-state index in [1.165, 1.54) is 42.7 Å². The second-order valence-corrected chi connectivity index (χ2v) is 7.68. The van der Waals surface area contributed by atoms with Crippen LogP contribution in [0, 0.1) is 13.8 Å². The molecule has 0 radical (unpaired) electrons. The van der Waals surface area contributed by atoms with Gasteiger partial charge in [-0.15, -0.1) is 11.3 Å². The Morgan fingerprint density at radius 1 is 1.18 bits per heavy atom. The molecule has 1 aliphatic carbocycles. The van der Waals surface area contributed by atoms with Crippen molar-refractivity contribution >= 4 is 22.9 Å². The molecule has 22 heavy (non-hydrogen) atoms. The van der Waals surface area contributed by atoms with Crippen molar-refractivity contribution in [1.29, 1.82) is 0 Å². The maximum Gasteiger partial charge on any atom is 0.185 e. The molecule has 2 aromatic rings. The molecular formula is C18H23ClN2S. The van der Waals surface area contributed by atoms with E-state index in [4.69, 9.17) is 16.6 Å². The van der Waals surface area contributed by atoms with Gasteiger partial charge in [0, 0.05) is 21.6 Å². The van der Waals surface area contributed by atoms with Gasteiger partial charge >= 0.3 is 0 Å². The van der Waals surface area contributed by atoms with Gasteiger partial charge in [0.05, 0.1) is 6.54 Å². The molecule has 1 aromatic carbocycles. The summed E-state index contributed by atoms with van der Waals surface area (Å²) in [7, 11) is 0. The third kappa shape index (κ3) is 3.31. The number of nitrogens with zero attached hydrogens (tertiary/aromatic N) is 2. The normalized spacial score (nSPS) is 17.1. The van der Waals surface area contributed by atoms with Gasteiger partial charge in [0.1, 0.15) is 0 Å². The zero-order valence-electron chi connectivity index (χ0n) is 13.3. The summed E-state index contributed by atoms with van der Waals surface area (Å²) in [5.74, 6) is 0. The minimum absolute atomic E-state index is 0.628. The lowest BCUT2D eigenvalue weighted by Crippen LogP contribution is -2.24. The van der Waals surface area contributed by atoms with Crippen LogP contribution in [0.15, 0.2) is 29.3 Å². The highest BCUT2D eigenvalue weighted by Gasteiger charge is 2.19. The highest BCUT2D eigenvalue weighted by Crippen LogP contribution is 2.29. The number of thiazole rings is 1. The zero-order valence-corrected chi connectivity index (χ0v) is 14.9. The topological polar surface area (TPSA) is 17.3 Å². The van der Waals surface area contributed by atoms with Gasteiger partial charge < -0.3 is 4.57 Å². The van der Waals surface area contributed by atoms with Gasteiger partial charge in [0.15, 0.2) is 4.80 Å². The average molecular weight is 335 g/mol. The van der Waals surface area contributed by atoms with Gasteiger partial charge in [-0.3, -0.25) is 4.99 Å². The molecule has 4 heteroatoms. The summed E-state index contributed by atoms with van der Waals surface area (Å²) in [5, 5.41) is 0.806. The molecule has 0 unspecified atom stereocenters. The Kier molecular flexibility index (Phi) is 5.04. The first-order valence-electron chi connectivity index (χ1n) is 8.09. The number of benzene rings is 1. The zero-order chi connectivity index (χ0) is 15.5. The van der Waals surface area contributed by atoms with Gasteiger partial charge in [-0.1, -0.05) is 49.1 Å². The lowest BCUT2D eigenvalue weighted by Gasteiger charge is -2.24. The Morgan fingerprint density at radius 3 is 2.64 bits per heavy atom. The molecule has 1 aliphatic rings. The van der Waals surface area contributed by atoms with Crippen molar-refractivity contribution in [2.24, 2.45) is 4.99 Å². The van der Waals surface area contributed by atoms with Crippen molar-refractivity contribution in [3.63, 3.8) is 0 Å². The third-order valence-electron chi connectivity index (χ3n) is 4.60. The standard InChI is InChI=1S/C18H23ClN2S/c1-13-14(2)22-18(21(13)16-9-4-3-5-10-16)20-12-15-8-6-7-11-17(15)19/h6-8,11,16H,3-5,9-10,12H2,1-2H3. The highest BCUT2D eigenvalue weighted by atomic mass is 35.5. The fourth-order valence-electron chi connectivity index (χ4n) is 3.23. The Bertz CT molecular complexity index is 708. The summed E-state index contributed by atoms with van der Waals surface area (Å²) in [6.45, 7) is 5.09. The van der Waals surface area contributed by atoms with E-state index in [-0.39, 0.29) is 0 Å². The molecule has 1 heterocycles. The van der Waals surface area contributed by atoms with Gasteiger partial charge in [-0.2, -0.15) is 0 Å². The van der Waals surface area contributed by atoms with Crippen LogP contribution < -0.4 is 4.80 Å². The Hall–Kier alpha value is -1.06. The summed E-state index contributed by atoms with van der Waals surface area (Å²) in [5.41, 5.74) is 2.48. The van der Waals surface area contributed by atoms with E-state index in [0.29, 0.717) is 12.6 Å². The molecule has 0 amide bonds. The Balaban J connectivity index is 1.94. The van der Waals surface area contributed by atoms with E-state index in [2.05, 4.69) is 24.5 Å². The molecule has 0 N–H and O–H groups in total. The second kappa shape index (κ2) is 7.01. The number of hydrogen-bond donors (Lipinski definition) is 0. The van der Waals surface area contributed by atoms with Crippen LogP contribution in [0.2, 0.25) is 5.02 Å². The molecule has 0 aliphatic heterocycles. The highest BCUT2D eigenvalue weighted by molar-refractivity contribution is 7.09. The third-order valence-corrected chi connectivity index (χ3v) is 6.08. The van der Waals surface area contributed by atoms with Crippen LogP contribution in [0.5, 0.6) is 0 Å². The summed E-state index contributed by atoms with van der Waals surface area (Å²) in [4.78, 5) is 7.42.